The number of carbonyl (C=O) groups is 1. The number of carbonyl (C=O) groups excluding carboxylic acids is 1. The van der Waals surface area contributed by atoms with Crippen LogP contribution < -0.4 is 5.32 Å². The van der Waals surface area contributed by atoms with Crippen molar-refractivity contribution in [1.29, 1.82) is 0 Å². The summed E-state index contributed by atoms with van der Waals surface area (Å²) in [6, 6.07) is 10.2. The molecule has 2 bridgehead atoms. The molecule has 2 fully saturated rings. The van der Waals surface area contributed by atoms with Crippen molar-refractivity contribution in [3.05, 3.63) is 40.9 Å². The maximum atomic E-state index is 12.7. The van der Waals surface area contributed by atoms with Crippen molar-refractivity contribution in [1.82, 2.24) is 15.1 Å². The molecule has 2 unspecified atom stereocenters. The summed E-state index contributed by atoms with van der Waals surface area (Å²) in [4.78, 5) is 15.1. The Balaban J connectivity index is 1.42. The summed E-state index contributed by atoms with van der Waals surface area (Å²) in [7, 11) is 0. The fourth-order valence-electron chi connectivity index (χ4n) is 3.67. The normalized spacial score (nSPS) is 26.2. The van der Waals surface area contributed by atoms with Crippen molar-refractivity contribution in [2.75, 3.05) is 25.0 Å². The smallest absolute Gasteiger partial charge is 0.233 e. The highest BCUT2D eigenvalue weighted by molar-refractivity contribution is 7.15. The highest BCUT2D eigenvalue weighted by Gasteiger charge is 2.46. The van der Waals surface area contributed by atoms with Crippen LogP contribution in [-0.2, 0) is 11.2 Å². The molecule has 1 aromatic carbocycles. The largest absolute Gasteiger partial charge is 0.302 e. The summed E-state index contributed by atoms with van der Waals surface area (Å²) >= 11 is 1.48. The lowest BCUT2D eigenvalue weighted by Crippen LogP contribution is -2.42. The van der Waals surface area contributed by atoms with E-state index in [1.54, 1.807) is 0 Å². The Morgan fingerprint density at radius 3 is 2.96 bits per heavy atom. The van der Waals surface area contributed by atoms with Gasteiger partial charge >= 0.3 is 0 Å². The number of amides is 1. The molecule has 1 amide bonds. The van der Waals surface area contributed by atoms with E-state index in [0.29, 0.717) is 5.13 Å². The van der Waals surface area contributed by atoms with Crippen LogP contribution in [0.25, 0.3) is 0 Å². The summed E-state index contributed by atoms with van der Waals surface area (Å²) in [5.41, 5.74) is 1.00. The SMILES string of the molecule is O=C(Nc1nnc(Cc2ccccc2)s1)C12CCCN(CC1)C2. The van der Waals surface area contributed by atoms with Gasteiger partial charge in [0.1, 0.15) is 5.01 Å². The molecule has 2 atom stereocenters. The number of hydrogen-bond acceptors (Lipinski definition) is 5. The van der Waals surface area contributed by atoms with E-state index in [2.05, 4.69) is 32.5 Å². The molecule has 3 heterocycles. The molecule has 4 rings (SSSR count). The number of hydrogen-bond donors (Lipinski definition) is 1. The van der Waals surface area contributed by atoms with Crippen molar-refractivity contribution in [2.24, 2.45) is 5.41 Å². The van der Waals surface area contributed by atoms with Crippen LogP contribution in [0.3, 0.4) is 0 Å². The monoisotopic (exact) mass is 328 g/mol. The Morgan fingerprint density at radius 1 is 1.22 bits per heavy atom. The lowest BCUT2D eigenvalue weighted by atomic mass is 9.80. The van der Waals surface area contributed by atoms with Gasteiger partial charge in [0.25, 0.3) is 0 Å². The standard InChI is InChI=1S/C17H20N4OS/c22-15(17-7-4-9-21(12-17)10-8-17)18-16-20-19-14(23-16)11-13-5-2-1-3-6-13/h1-3,5-6H,4,7-12H2,(H,18,20,22). The van der Waals surface area contributed by atoms with E-state index in [1.807, 2.05) is 18.2 Å². The topological polar surface area (TPSA) is 58.1 Å². The Labute approximate surface area is 139 Å². The van der Waals surface area contributed by atoms with Crippen LogP contribution >= 0.6 is 11.3 Å². The van der Waals surface area contributed by atoms with E-state index < -0.39 is 0 Å². The number of nitrogens with one attached hydrogen (secondary N) is 1. The summed E-state index contributed by atoms with van der Waals surface area (Å²) in [6.45, 7) is 3.08. The number of fused-ring (bicyclic) bond motifs is 2. The molecule has 1 aromatic heterocycles. The zero-order valence-electron chi connectivity index (χ0n) is 13.0. The average molecular weight is 328 g/mol. The van der Waals surface area contributed by atoms with Crippen LogP contribution in [-0.4, -0.2) is 40.6 Å². The van der Waals surface area contributed by atoms with Crippen LogP contribution in [0.1, 0.15) is 29.8 Å². The highest BCUT2D eigenvalue weighted by atomic mass is 32.1. The summed E-state index contributed by atoms with van der Waals surface area (Å²) in [5.74, 6) is 0.127. The second-order valence-electron chi connectivity index (χ2n) is 6.53. The average Bonchev–Trinajstić information content (AvgIpc) is 3.13. The highest BCUT2D eigenvalue weighted by Crippen LogP contribution is 2.40. The molecule has 2 aliphatic rings. The van der Waals surface area contributed by atoms with E-state index in [0.717, 1.165) is 50.3 Å². The van der Waals surface area contributed by atoms with Crippen molar-refractivity contribution in [3.63, 3.8) is 0 Å². The van der Waals surface area contributed by atoms with Gasteiger partial charge < -0.3 is 4.90 Å². The molecule has 2 aliphatic heterocycles. The van der Waals surface area contributed by atoms with Gasteiger partial charge in [-0.1, -0.05) is 41.7 Å². The van der Waals surface area contributed by atoms with E-state index in [1.165, 1.54) is 16.9 Å². The molecular weight excluding hydrogens is 308 g/mol. The number of anilines is 1. The van der Waals surface area contributed by atoms with Gasteiger partial charge in [0.05, 0.1) is 5.41 Å². The number of benzene rings is 1. The van der Waals surface area contributed by atoms with Crippen molar-refractivity contribution in [3.8, 4) is 0 Å². The van der Waals surface area contributed by atoms with Crippen molar-refractivity contribution < 1.29 is 4.79 Å². The van der Waals surface area contributed by atoms with E-state index in [-0.39, 0.29) is 11.3 Å². The van der Waals surface area contributed by atoms with Gasteiger partial charge in [-0.2, -0.15) is 0 Å². The van der Waals surface area contributed by atoms with Crippen LogP contribution in [0.5, 0.6) is 0 Å². The summed E-state index contributed by atoms with van der Waals surface area (Å²) in [6.07, 6.45) is 3.83. The van der Waals surface area contributed by atoms with E-state index >= 15 is 0 Å². The predicted octanol–water partition coefficient (Wildman–Crippen LogP) is 2.55. The van der Waals surface area contributed by atoms with Gasteiger partial charge in [0.15, 0.2) is 0 Å². The van der Waals surface area contributed by atoms with Gasteiger partial charge in [-0.05, 0) is 37.9 Å². The molecule has 2 saturated heterocycles. The minimum atomic E-state index is -0.205. The zero-order valence-corrected chi connectivity index (χ0v) is 13.8. The van der Waals surface area contributed by atoms with E-state index in [9.17, 15) is 4.79 Å². The number of aromatic nitrogens is 2. The Bertz CT molecular complexity index is 698. The summed E-state index contributed by atoms with van der Waals surface area (Å²) < 4.78 is 0. The number of piperidine rings is 1. The third-order valence-corrected chi connectivity index (χ3v) is 5.77. The Hall–Kier alpha value is -1.79. The van der Waals surface area contributed by atoms with Gasteiger partial charge in [-0.25, -0.2) is 0 Å². The van der Waals surface area contributed by atoms with Gasteiger partial charge in [0.2, 0.25) is 11.0 Å². The molecule has 6 heteroatoms. The fraction of sp³-hybridized carbons (Fsp3) is 0.471. The maximum Gasteiger partial charge on any atom is 0.233 e. The van der Waals surface area contributed by atoms with Gasteiger partial charge in [-0.15, -0.1) is 10.2 Å². The van der Waals surface area contributed by atoms with Crippen LogP contribution in [0.15, 0.2) is 30.3 Å². The Morgan fingerprint density at radius 2 is 2.09 bits per heavy atom. The minimum Gasteiger partial charge on any atom is -0.302 e. The molecule has 0 saturated carbocycles. The fourth-order valence-corrected chi connectivity index (χ4v) is 4.44. The molecular formula is C17H20N4OS. The predicted molar refractivity (Wildman–Crippen MR) is 90.5 cm³/mol. The lowest BCUT2D eigenvalue weighted by Gasteiger charge is -2.32. The van der Waals surface area contributed by atoms with E-state index in [4.69, 9.17) is 0 Å². The molecule has 5 nitrogen and oxygen atoms in total. The van der Waals surface area contributed by atoms with Gasteiger partial charge in [-0.3, -0.25) is 10.1 Å². The van der Waals surface area contributed by atoms with Crippen LogP contribution in [0.2, 0.25) is 0 Å². The zero-order chi connectivity index (χ0) is 15.7. The van der Waals surface area contributed by atoms with Crippen molar-refractivity contribution in [2.45, 2.75) is 25.7 Å². The quantitative estimate of drug-likeness (QED) is 0.937. The first-order valence-corrected chi connectivity index (χ1v) is 8.95. The van der Waals surface area contributed by atoms with Crippen LogP contribution in [0, 0.1) is 5.41 Å². The molecule has 2 aromatic rings. The van der Waals surface area contributed by atoms with Gasteiger partial charge in [0, 0.05) is 13.0 Å². The molecule has 0 radical (unpaired) electrons. The third kappa shape index (κ3) is 3.01. The lowest BCUT2D eigenvalue weighted by molar-refractivity contribution is -0.126. The van der Waals surface area contributed by atoms with Crippen LogP contribution in [0.4, 0.5) is 5.13 Å². The minimum absolute atomic E-state index is 0.127. The second-order valence-corrected chi connectivity index (χ2v) is 7.59. The molecule has 120 valence electrons. The first-order valence-electron chi connectivity index (χ1n) is 8.14. The molecule has 23 heavy (non-hydrogen) atoms. The van der Waals surface area contributed by atoms with Crippen molar-refractivity contribution >= 4 is 22.4 Å². The summed E-state index contributed by atoms with van der Waals surface area (Å²) in [5, 5.41) is 12.9. The molecule has 0 spiro atoms. The number of nitrogens with zero attached hydrogens (tertiary/aromatic N) is 3. The first kappa shape index (κ1) is 14.8. The number of rotatable bonds is 4. The second kappa shape index (κ2) is 6.02. The third-order valence-electron chi connectivity index (χ3n) is 4.93. The maximum absolute atomic E-state index is 12.7. The first-order chi connectivity index (χ1) is 11.2. The Kier molecular flexibility index (Phi) is 3.87. The molecule has 0 aliphatic carbocycles. The molecule has 1 N–H and O–H groups in total.